The third-order valence-corrected chi connectivity index (χ3v) is 3.63. The number of aryl methyl sites for hydroxylation is 1. The zero-order chi connectivity index (χ0) is 17.0. The minimum absolute atomic E-state index is 0.0572. The molecule has 8 nitrogen and oxygen atoms in total. The number of halogens is 1. The summed E-state index contributed by atoms with van der Waals surface area (Å²) in [5, 5.41) is 6.52. The van der Waals surface area contributed by atoms with Crippen molar-refractivity contribution in [1.82, 2.24) is 20.6 Å². The fourth-order valence-electron chi connectivity index (χ4n) is 1.74. The lowest BCUT2D eigenvalue weighted by Crippen LogP contribution is -2.44. The molecule has 0 spiro atoms. The molecule has 0 saturated carbocycles. The predicted octanol–water partition coefficient (Wildman–Crippen LogP) is 1.69. The first-order valence-electron chi connectivity index (χ1n) is 6.54. The molecule has 3 amide bonds. The van der Waals surface area contributed by atoms with Gasteiger partial charge in [-0.1, -0.05) is 0 Å². The average Bonchev–Trinajstić information content (AvgIpc) is 2.84. The van der Waals surface area contributed by atoms with Gasteiger partial charge in [-0.25, -0.2) is 10.2 Å². The summed E-state index contributed by atoms with van der Waals surface area (Å²) < 4.78 is 2.18. The number of nitrogens with zero attached hydrogens (tertiary/aromatic N) is 2. The van der Waals surface area contributed by atoms with Gasteiger partial charge in [0.2, 0.25) is 0 Å². The van der Waals surface area contributed by atoms with Gasteiger partial charge in [0.25, 0.3) is 5.91 Å². The van der Waals surface area contributed by atoms with Gasteiger partial charge in [-0.3, -0.25) is 19.7 Å². The Morgan fingerprint density at radius 3 is 2.30 bits per heavy atom. The second-order valence-corrected chi connectivity index (χ2v) is 5.83. The molecule has 3 N–H and O–H groups in total. The van der Waals surface area contributed by atoms with E-state index in [1.54, 1.807) is 37.5 Å². The fraction of sp³-hybridized carbons (Fsp3) is 0.143. The maximum atomic E-state index is 11.9. The first-order valence-corrected chi connectivity index (χ1v) is 7.62. The van der Waals surface area contributed by atoms with Gasteiger partial charge < -0.3 is 5.32 Å². The number of amides is 3. The molecule has 2 rings (SSSR count). The highest BCUT2D eigenvalue weighted by molar-refractivity contribution is 14.1. The van der Waals surface area contributed by atoms with Crippen LogP contribution in [0.5, 0.6) is 0 Å². The Balaban J connectivity index is 1.88. The smallest absolute Gasteiger partial charge is 0.307 e. The average molecular weight is 427 g/mol. The van der Waals surface area contributed by atoms with Crippen LogP contribution in [0.4, 0.5) is 10.5 Å². The van der Waals surface area contributed by atoms with Crippen LogP contribution in [0.3, 0.4) is 0 Å². The maximum absolute atomic E-state index is 11.9. The first kappa shape index (κ1) is 16.9. The van der Waals surface area contributed by atoms with Gasteiger partial charge in [0.05, 0.1) is 3.57 Å². The van der Waals surface area contributed by atoms with Gasteiger partial charge in [-0.05, 0) is 53.8 Å². The number of ketones is 1. The molecule has 1 aromatic carbocycles. The van der Waals surface area contributed by atoms with Crippen LogP contribution in [0.1, 0.15) is 27.8 Å². The molecule has 0 aliphatic carbocycles. The highest BCUT2D eigenvalue weighted by atomic mass is 127. The van der Waals surface area contributed by atoms with E-state index < -0.39 is 11.9 Å². The molecule has 9 heteroatoms. The largest absolute Gasteiger partial charge is 0.337 e. The van der Waals surface area contributed by atoms with Crippen LogP contribution in [-0.2, 0) is 7.05 Å². The lowest BCUT2D eigenvalue weighted by Gasteiger charge is -2.08. The van der Waals surface area contributed by atoms with Gasteiger partial charge in [0.15, 0.2) is 11.5 Å². The number of anilines is 1. The second kappa shape index (κ2) is 7.22. The summed E-state index contributed by atoms with van der Waals surface area (Å²) in [7, 11) is 1.70. The molecule has 0 unspecified atom stereocenters. The Kier molecular flexibility index (Phi) is 5.32. The minimum atomic E-state index is -0.611. The number of hydrazine groups is 1. The molecule has 0 radical (unpaired) electrons. The third-order valence-electron chi connectivity index (χ3n) is 2.84. The predicted molar refractivity (Wildman–Crippen MR) is 92.0 cm³/mol. The molecular formula is C14H14IN5O3. The van der Waals surface area contributed by atoms with Crippen molar-refractivity contribution in [3.05, 3.63) is 45.3 Å². The monoisotopic (exact) mass is 427 g/mol. The van der Waals surface area contributed by atoms with Crippen molar-refractivity contribution in [3.8, 4) is 0 Å². The number of nitrogens with one attached hydrogen (secondary N) is 3. The Labute approximate surface area is 145 Å². The molecule has 0 bridgehead atoms. The van der Waals surface area contributed by atoms with E-state index in [0.29, 0.717) is 14.8 Å². The zero-order valence-electron chi connectivity index (χ0n) is 12.4. The van der Waals surface area contributed by atoms with E-state index in [2.05, 4.69) is 21.3 Å². The van der Waals surface area contributed by atoms with Crippen LogP contribution < -0.4 is 16.2 Å². The summed E-state index contributed by atoms with van der Waals surface area (Å²) in [6.07, 6.45) is 1.69. The summed E-state index contributed by atoms with van der Waals surface area (Å²) in [6, 6.07) is 5.79. The molecule has 120 valence electrons. The summed E-state index contributed by atoms with van der Waals surface area (Å²) in [4.78, 5) is 34.8. The molecule has 0 saturated heterocycles. The zero-order valence-corrected chi connectivity index (χ0v) is 14.5. The Morgan fingerprint density at radius 1 is 1.13 bits per heavy atom. The number of benzene rings is 1. The van der Waals surface area contributed by atoms with Crippen molar-refractivity contribution in [2.45, 2.75) is 6.92 Å². The summed E-state index contributed by atoms with van der Waals surface area (Å²) >= 11 is 1.98. The Hall–Kier alpha value is -2.43. The van der Waals surface area contributed by atoms with Gasteiger partial charge in [0.1, 0.15) is 0 Å². The van der Waals surface area contributed by atoms with Crippen LogP contribution in [0.15, 0.2) is 30.5 Å². The quantitative estimate of drug-likeness (QED) is 0.394. The number of hydrogen-bond acceptors (Lipinski definition) is 4. The van der Waals surface area contributed by atoms with Gasteiger partial charge >= 0.3 is 6.03 Å². The normalized spacial score (nSPS) is 10.0. The second-order valence-electron chi connectivity index (χ2n) is 4.67. The molecule has 23 heavy (non-hydrogen) atoms. The van der Waals surface area contributed by atoms with Crippen molar-refractivity contribution < 1.29 is 14.4 Å². The van der Waals surface area contributed by atoms with E-state index >= 15 is 0 Å². The standard InChI is InChI=1S/C14H14IN5O3/c1-8(21)9-3-5-10(6-4-9)16-14(23)18-17-13(22)12-11(15)7-20(2)19-12/h3-7H,1-2H3,(H,17,22)(H2,16,18,23). The van der Waals surface area contributed by atoms with Crippen LogP contribution in [0.2, 0.25) is 0 Å². The van der Waals surface area contributed by atoms with E-state index in [1.807, 2.05) is 22.6 Å². The number of rotatable bonds is 3. The Morgan fingerprint density at radius 2 is 1.78 bits per heavy atom. The number of urea groups is 1. The number of carbonyl (C=O) groups excluding carboxylic acids is 3. The van der Waals surface area contributed by atoms with E-state index in [1.165, 1.54) is 11.6 Å². The Bertz CT molecular complexity index is 754. The van der Waals surface area contributed by atoms with Gasteiger partial charge in [0, 0.05) is 24.5 Å². The van der Waals surface area contributed by atoms with Crippen molar-refractivity contribution in [2.24, 2.45) is 7.05 Å². The first-order chi connectivity index (χ1) is 10.9. The summed E-state index contributed by atoms with van der Waals surface area (Å²) in [6.45, 7) is 1.46. The van der Waals surface area contributed by atoms with E-state index in [9.17, 15) is 14.4 Å². The number of hydrogen-bond donors (Lipinski definition) is 3. The van der Waals surface area contributed by atoms with Crippen molar-refractivity contribution >= 4 is 46.0 Å². The third kappa shape index (κ3) is 4.52. The SMILES string of the molecule is CC(=O)c1ccc(NC(=O)NNC(=O)c2nn(C)cc2I)cc1. The molecule has 0 atom stereocenters. The summed E-state index contributed by atoms with van der Waals surface area (Å²) in [5.74, 6) is -0.574. The molecule has 1 aromatic heterocycles. The van der Waals surface area contributed by atoms with E-state index in [4.69, 9.17) is 0 Å². The maximum Gasteiger partial charge on any atom is 0.337 e. The molecule has 0 aliphatic heterocycles. The molecule has 0 aliphatic rings. The van der Waals surface area contributed by atoms with Gasteiger partial charge in [-0.15, -0.1) is 0 Å². The van der Waals surface area contributed by atoms with E-state index in [-0.39, 0.29) is 11.5 Å². The topological polar surface area (TPSA) is 105 Å². The fourth-order valence-corrected chi connectivity index (χ4v) is 2.49. The van der Waals surface area contributed by atoms with Gasteiger partial charge in [-0.2, -0.15) is 5.10 Å². The van der Waals surface area contributed by atoms with E-state index in [0.717, 1.165) is 0 Å². The van der Waals surface area contributed by atoms with Crippen LogP contribution in [0.25, 0.3) is 0 Å². The lowest BCUT2D eigenvalue weighted by molar-refractivity contribution is 0.0930. The number of Topliss-reactive ketones (excluding diaryl/α,β-unsaturated/α-hetero) is 1. The van der Waals surface area contributed by atoms with Crippen LogP contribution in [-0.4, -0.2) is 27.5 Å². The van der Waals surface area contributed by atoms with Crippen LogP contribution in [0, 0.1) is 3.57 Å². The number of aromatic nitrogens is 2. The molecule has 0 fully saturated rings. The molecule has 1 heterocycles. The van der Waals surface area contributed by atoms with Crippen molar-refractivity contribution in [1.29, 1.82) is 0 Å². The summed E-state index contributed by atoms with van der Waals surface area (Å²) in [5.41, 5.74) is 5.77. The minimum Gasteiger partial charge on any atom is -0.307 e. The van der Waals surface area contributed by atoms with Crippen molar-refractivity contribution in [3.63, 3.8) is 0 Å². The molecule has 2 aromatic rings. The lowest BCUT2D eigenvalue weighted by atomic mass is 10.1. The highest BCUT2D eigenvalue weighted by Gasteiger charge is 2.14. The highest BCUT2D eigenvalue weighted by Crippen LogP contribution is 2.10. The number of carbonyl (C=O) groups is 3. The molecular weight excluding hydrogens is 413 g/mol. The van der Waals surface area contributed by atoms with Crippen LogP contribution >= 0.6 is 22.6 Å². The van der Waals surface area contributed by atoms with Crippen molar-refractivity contribution in [2.75, 3.05) is 5.32 Å².